The molecule has 0 radical (unpaired) electrons. The molecule has 0 spiro atoms. The van der Waals surface area contributed by atoms with Gasteiger partial charge in [-0.2, -0.15) is 0 Å². The van der Waals surface area contributed by atoms with Gasteiger partial charge in [-0.1, -0.05) is 45.0 Å². The first-order valence-electron chi connectivity index (χ1n) is 11.3. The topological polar surface area (TPSA) is 83.6 Å². The molecule has 1 aromatic heterocycles. The third kappa shape index (κ3) is 4.88. The zero-order valence-corrected chi connectivity index (χ0v) is 20.0. The molecule has 0 saturated carbocycles. The predicted molar refractivity (Wildman–Crippen MR) is 134 cm³/mol. The van der Waals surface area contributed by atoms with Crippen molar-refractivity contribution in [2.24, 2.45) is 0 Å². The number of rotatable bonds is 4. The maximum atomic E-state index is 13.1. The Bertz CT molecular complexity index is 1190. The lowest BCUT2D eigenvalue weighted by molar-refractivity contribution is 0.0984. The quantitative estimate of drug-likeness (QED) is 0.556. The predicted octanol–water partition coefficient (Wildman–Crippen LogP) is 5.30. The van der Waals surface area contributed by atoms with Crippen molar-refractivity contribution >= 4 is 23.3 Å². The highest BCUT2D eigenvalue weighted by Gasteiger charge is 2.30. The summed E-state index contributed by atoms with van der Waals surface area (Å²) in [6.45, 7) is 6.86. The van der Waals surface area contributed by atoms with Crippen LogP contribution in [0, 0.1) is 0 Å². The normalized spacial score (nSPS) is 15.3. The number of urea groups is 1. The number of amides is 3. The first-order chi connectivity index (χ1) is 16.3. The van der Waals surface area contributed by atoms with Crippen molar-refractivity contribution in [1.82, 2.24) is 10.3 Å². The number of carbonyl (C=O) groups is 2. The van der Waals surface area contributed by atoms with Gasteiger partial charge >= 0.3 is 6.03 Å². The summed E-state index contributed by atoms with van der Waals surface area (Å²) in [7, 11) is 1.58. The van der Waals surface area contributed by atoms with Crippen LogP contribution in [0.3, 0.4) is 0 Å². The number of anilines is 2. The monoisotopic (exact) mass is 458 g/mol. The molecule has 1 aliphatic heterocycles. The van der Waals surface area contributed by atoms with E-state index in [0.717, 1.165) is 16.8 Å². The van der Waals surface area contributed by atoms with E-state index in [1.165, 1.54) is 0 Å². The van der Waals surface area contributed by atoms with Gasteiger partial charge in [0.1, 0.15) is 5.75 Å². The number of hydrogen-bond donors (Lipinski definition) is 2. The summed E-state index contributed by atoms with van der Waals surface area (Å²) in [6, 6.07) is 16.4. The first-order valence-corrected chi connectivity index (χ1v) is 11.3. The summed E-state index contributed by atoms with van der Waals surface area (Å²) in [6.07, 6.45) is 3.82. The maximum absolute atomic E-state index is 13.1. The van der Waals surface area contributed by atoms with Gasteiger partial charge in [-0.05, 0) is 53.3 Å². The first kappa shape index (κ1) is 23.3. The van der Waals surface area contributed by atoms with Crippen LogP contribution in [-0.4, -0.2) is 30.6 Å². The van der Waals surface area contributed by atoms with Crippen LogP contribution in [0.4, 0.5) is 16.2 Å². The van der Waals surface area contributed by atoms with Crippen LogP contribution >= 0.6 is 0 Å². The zero-order valence-electron chi connectivity index (χ0n) is 20.0. The van der Waals surface area contributed by atoms with E-state index in [1.807, 2.05) is 42.5 Å². The Morgan fingerprint density at radius 2 is 1.79 bits per heavy atom. The largest absolute Gasteiger partial charge is 0.495 e. The van der Waals surface area contributed by atoms with Crippen LogP contribution in [0.1, 0.15) is 54.7 Å². The van der Waals surface area contributed by atoms with Crippen LogP contribution in [0.2, 0.25) is 0 Å². The van der Waals surface area contributed by atoms with Crippen LogP contribution in [0.5, 0.6) is 5.75 Å². The highest BCUT2D eigenvalue weighted by atomic mass is 16.5. The SMILES string of the molecule is COc1ccc(C(C)(C)C)cc1NC(=O)NC1CCN(C(=O)c2ccncc2)c2ccccc21. The minimum atomic E-state index is -0.321. The smallest absolute Gasteiger partial charge is 0.319 e. The Morgan fingerprint density at radius 3 is 2.50 bits per heavy atom. The highest BCUT2D eigenvalue weighted by Crippen LogP contribution is 2.35. The Balaban J connectivity index is 1.53. The van der Waals surface area contributed by atoms with Crippen molar-refractivity contribution in [2.75, 3.05) is 23.9 Å². The fourth-order valence-corrected chi connectivity index (χ4v) is 4.16. The number of para-hydroxylation sites is 1. The Labute approximate surface area is 200 Å². The molecular formula is C27H30N4O3. The fourth-order valence-electron chi connectivity index (χ4n) is 4.16. The minimum Gasteiger partial charge on any atom is -0.495 e. The molecule has 0 bridgehead atoms. The number of benzene rings is 2. The molecule has 1 atom stereocenters. The van der Waals surface area contributed by atoms with Crippen molar-refractivity contribution in [2.45, 2.75) is 38.6 Å². The third-order valence-corrected chi connectivity index (χ3v) is 6.04. The molecule has 2 heterocycles. The number of aromatic nitrogens is 1. The zero-order chi connectivity index (χ0) is 24.3. The van der Waals surface area contributed by atoms with Crippen molar-refractivity contribution in [3.8, 4) is 5.75 Å². The molecule has 0 fully saturated rings. The molecule has 1 aliphatic rings. The summed E-state index contributed by atoms with van der Waals surface area (Å²) >= 11 is 0. The number of methoxy groups -OCH3 is 1. The Hall–Kier alpha value is -3.87. The summed E-state index contributed by atoms with van der Waals surface area (Å²) in [5, 5.41) is 6.03. The number of carbonyl (C=O) groups excluding carboxylic acids is 2. The lowest BCUT2D eigenvalue weighted by Gasteiger charge is -2.34. The second kappa shape index (κ2) is 9.55. The Kier molecular flexibility index (Phi) is 6.54. The number of ether oxygens (including phenoxy) is 1. The number of fused-ring (bicyclic) bond motifs is 1. The second-order valence-electron chi connectivity index (χ2n) is 9.36. The van der Waals surface area contributed by atoms with Crippen LogP contribution in [0.25, 0.3) is 0 Å². The van der Waals surface area contributed by atoms with Gasteiger partial charge in [0.15, 0.2) is 0 Å². The number of pyridine rings is 1. The third-order valence-electron chi connectivity index (χ3n) is 6.04. The fraction of sp³-hybridized carbons (Fsp3) is 0.296. The summed E-state index contributed by atoms with van der Waals surface area (Å²) in [4.78, 5) is 31.8. The van der Waals surface area contributed by atoms with Gasteiger partial charge in [0.2, 0.25) is 0 Å². The van der Waals surface area contributed by atoms with E-state index in [1.54, 1.807) is 36.5 Å². The van der Waals surface area contributed by atoms with E-state index in [-0.39, 0.29) is 23.4 Å². The van der Waals surface area contributed by atoms with E-state index < -0.39 is 0 Å². The standard InChI is InChI=1S/C27H30N4O3/c1-27(2,3)19-9-10-24(34-4)22(17-19)30-26(33)29-21-13-16-31(23-8-6-5-7-20(21)23)25(32)18-11-14-28-15-12-18/h5-12,14-15,17,21H,13,16H2,1-4H3,(H2,29,30,33). The lowest BCUT2D eigenvalue weighted by atomic mass is 9.87. The van der Waals surface area contributed by atoms with E-state index in [2.05, 4.69) is 36.4 Å². The van der Waals surface area contributed by atoms with Gasteiger partial charge in [-0.3, -0.25) is 9.78 Å². The van der Waals surface area contributed by atoms with E-state index >= 15 is 0 Å². The van der Waals surface area contributed by atoms with Gasteiger partial charge < -0.3 is 20.3 Å². The number of nitrogens with one attached hydrogen (secondary N) is 2. The van der Waals surface area contributed by atoms with E-state index in [4.69, 9.17) is 4.74 Å². The maximum Gasteiger partial charge on any atom is 0.319 e. The van der Waals surface area contributed by atoms with Gasteiger partial charge in [-0.15, -0.1) is 0 Å². The molecule has 3 amide bonds. The van der Waals surface area contributed by atoms with Crippen LogP contribution in [-0.2, 0) is 5.41 Å². The second-order valence-corrected chi connectivity index (χ2v) is 9.36. The van der Waals surface area contributed by atoms with Crippen molar-refractivity contribution in [1.29, 1.82) is 0 Å². The lowest BCUT2D eigenvalue weighted by Crippen LogP contribution is -2.42. The molecule has 4 rings (SSSR count). The van der Waals surface area contributed by atoms with Gasteiger partial charge in [-0.25, -0.2) is 4.79 Å². The Morgan fingerprint density at radius 1 is 1.06 bits per heavy atom. The van der Waals surface area contributed by atoms with Gasteiger partial charge in [0, 0.05) is 30.2 Å². The van der Waals surface area contributed by atoms with Gasteiger partial charge in [0.25, 0.3) is 5.91 Å². The van der Waals surface area contributed by atoms with Crippen molar-refractivity contribution in [3.63, 3.8) is 0 Å². The molecule has 7 heteroatoms. The van der Waals surface area contributed by atoms with Crippen LogP contribution < -0.4 is 20.3 Å². The van der Waals surface area contributed by atoms with E-state index in [9.17, 15) is 9.59 Å². The molecule has 176 valence electrons. The highest BCUT2D eigenvalue weighted by molar-refractivity contribution is 6.06. The molecule has 7 nitrogen and oxygen atoms in total. The minimum absolute atomic E-state index is 0.0632. The van der Waals surface area contributed by atoms with E-state index in [0.29, 0.717) is 30.0 Å². The number of hydrogen-bond acceptors (Lipinski definition) is 4. The molecule has 2 aromatic carbocycles. The summed E-state index contributed by atoms with van der Waals surface area (Å²) in [5.74, 6) is 0.516. The molecule has 2 N–H and O–H groups in total. The molecule has 3 aromatic rings. The average Bonchev–Trinajstić information content (AvgIpc) is 2.84. The molecule has 0 saturated heterocycles. The molecule has 0 aliphatic carbocycles. The molecule has 34 heavy (non-hydrogen) atoms. The van der Waals surface area contributed by atoms with Gasteiger partial charge in [0.05, 0.1) is 18.8 Å². The van der Waals surface area contributed by atoms with Crippen molar-refractivity contribution in [3.05, 3.63) is 83.7 Å². The van der Waals surface area contributed by atoms with Crippen molar-refractivity contribution < 1.29 is 14.3 Å². The molecule has 1 unspecified atom stereocenters. The summed E-state index contributed by atoms with van der Waals surface area (Å²) in [5.41, 5.74) is 3.93. The van der Waals surface area contributed by atoms with Crippen LogP contribution in [0.15, 0.2) is 67.0 Å². The summed E-state index contributed by atoms with van der Waals surface area (Å²) < 4.78 is 5.45. The average molecular weight is 459 g/mol. The molecular weight excluding hydrogens is 428 g/mol. The number of nitrogens with zero attached hydrogens (tertiary/aromatic N) is 2.